The van der Waals surface area contributed by atoms with Gasteiger partial charge in [-0.1, -0.05) is 29.3 Å². The number of imidazole rings is 1. The van der Waals surface area contributed by atoms with E-state index in [1.807, 2.05) is 18.5 Å². The first-order valence-corrected chi connectivity index (χ1v) is 12.8. The number of hydrogen-bond acceptors (Lipinski definition) is 5. The minimum atomic E-state index is -0.527. The SMILES string of the molecule is C[C@H](c1ccc(Cl)cc1Cl)n1cnc2ccc(N3CCC(NC(O)[C@H]4CCC(C)(C)N4)C3)cc21. The molecule has 0 bridgehead atoms. The maximum Gasteiger partial charge on any atom is 0.120 e. The van der Waals surface area contributed by atoms with Crippen molar-refractivity contribution in [3.05, 3.63) is 58.3 Å². The molecule has 0 radical (unpaired) electrons. The van der Waals surface area contributed by atoms with Crippen LogP contribution in [0.2, 0.25) is 10.0 Å². The number of aromatic nitrogens is 2. The second-order valence-corrected chi connectivity index (χ2v) is 11.2. The molecule has 0 aliphatic carbocycles. The Bertz CT molecular complexity index is 1180. The largest absolute Gasteiger partial charge is 0.377 e. The summed E-state index contributed by atoms with van der Waals surface area (Å²) in [5, 5.41) is 19.0. The Hall–Kier alpha value is -1.83. The molecule has 2 fully saturated rings. The van der Waals surface area contributed by atoms with E-state index in [-0.39, 0.29) is 23.7 Å². The number of hydrogen-bond donors (Lipinski definition) is 3. The monoisotopic (exact) mass is 501 g/mol. The topological polar surface area (TPSA) is 65.4 Å². The third-order valence-electron chi connectivity index (χ3n) is 7.39. The zero-order valence-corrected chi connectivity index (χ0v) is 21.4. The first kappa shape index (κ1) is 23.9. The summed E-state index contributed by atoms with van der Waals surface area (Å²) in [7, 11) is 0. The minimum Gasteiger partial charge on any atom is -0.377 e. The molecule has 2 saturated heterocycles. The van der Waals surface area contributed by atoms with E-state index in [2.05, 4.69) is 64.1 Å². The van der Waals surface area contributed by atoms with Crippen LogP contribution in [0.5, 0.6) is 0 Å². The summed E-state index contributed by atoms with van der Waals surface area (Å²) in [4.78, 5) is 7.00. The van der Waals surface area contributed by atoms with Crippen molar-refractivity contribution in [2.75, 3.05) is 18.0 Å². The van der Waals surface area contributed by atoms with Gasteiger partial charge in [0.15, 0.2) is 0 Å². The predicted octanol–water partition coefficient (Wildman–Crippen LogP) is 4.97. The standard InChI is InChI=1S/C26H33Cl2N5O/c1-16(20-6-4-17(27)12-21(20)28)33-15-29-22-7-5-19(13-24(22)33)32-11-9-18(14-32)30-25(34)23-8-10-26(2,3)31-23/h4-7,12-13,15-16,18,23,25,30-31,34H,8-11,14H2,1-3H3/t16-,18?,23-,25?/m1/s1. The van der Waals surface area contributed by atoms with Crippen LogP contribution in [0.25, 0.3) is 11.0 Å². The third-order valence-corrected chi connectivity index (χ3v) is 7.95. The van der Waals surface area contributed by atoms with E-state index in [9.17, 15) is 5.11 Å². The molecule has 4 atom stereocenters. The highest BCUT2D eigenvalue weighted by molar-refractivity contribution is 6.35. The van der Waals surface area contributed by atoms with E-state index >= 15 is 0 Å². The number of fused-ring (bicyclic) bond motifs is 1. The lowest BCUT2D eigenvalue weighted by atomic mass is 10.0. The lowest BCUT2D eigenvalue weighted by molar-refractivity contribution is 0.0863. The van der Waals surface area contributed by atoms with E-state index in [4.69, 9.17) is 23.2 Å². The van der Waals surface area contributed by atoms with Crippen molar-refractivity contribution in [1.82, 2.24) is 20.2 Å². The molecule has 5 rings (SSSR count). The number of aliphatic hydroxyl groups is 1. The van der Waals surface area contributed by atoms with Crippen LogP contribution >= 0.6 is 23.2 Å². The summed E-state index contributed by atoms with van der Waals surface area (Å²) in [6.07, 6.45) is 4.43. The van der Waals surface area contributed by atoms with Crippen LogP contribution in [0.4, 0.5) is 5.69 Å². The smallest absolute Gasteiger partial charge is 0.120 e. The van der Waals surface area contributed by atoms with Gasteiger partial charge in [0.25, 0.3) is 0 Å². The molecule has 0 saturated carbocycles. The quantitative estimate of drug-likeness (QED) is 0.416. The van der Waals surface area contributed by atoms with Crippen molar-refractivity contribution in [2.24, 2.45) is 0 Å². The number of anilines is 1. The number of nitrogens with one attached hydrogen (secondary N) is 2. The van der Waals surface area contributed by atoms with Crippen molar-refractivity contribution >= 4 is 39.9 Å². The number of halogens is 2. The highest BCUT2D eigenvalue weighted by Crippen LogP contribution is 2.32. The number of aliphatic hydroxyl groups excluding tert-OH is 1. The van der Waals surface area contributed by atoms with E-state index in [0.29, 0.717) is 10.0 Å². The van der Waals surface area contributed by atoms with E-state index < -0.39 is 6.23 Å². The van der Waals surface area contributed by atoms with Gasteiger partial charge in [-0.3, -0.25) is 5.32 Å². The lowest BCUT2D eigenvalue weighted by Gasteiger charge is -2.27. The molecule has 0 amide bonds. The molecule has 6 nitrogen and oxygen atoms in total. The highest BCUT2D eigenvalue weighted by Gasteiger charge is 2.35. The maximum atomic E-state index is 10.7. The van der Waals surface area contributed by atoms with Gasteiger partial charge in [-0.2, -0.15) is 0 Å². The average molecular weight is 502 g/mol. The fraction of sp³-hybridized carbons (Fsp3) is 0.500. The van der Waals surface area contributed by atoms with Crippen LogP contribution in [-0.4, -0.2) is 51.6 Å². The Morgan fingerprint density at radius 3 is 2.74 bits per heavy atom. The fourth-order valence-electron chi connectivity index (χ4n) is 5.40. The molecule has 182 valence electrons. The molecule has 2 aliphatic heterocycles. The van der Waals surface area contributed by atoms with Gasteiger partial charge in [0.1, 0.15) is 6.23 Å². The van der Waals surface area contributed by atoms with Crippen LogP contribution in [0.1, 0.15) is 51.6 Å². The Morgan fingerprint density at radius 1 is 1.18 bits per heavy atom. The van der Waals surface area contributed by atoms with Gasteiger partial charge in [-0.25, -0.2) is 4.98 Å². The first-order valence-electron chi connectivity index (χ1n) is 12.1. The normalized spacial score (nSPS) is 24.1. The molecular formula is C26H33Cl2N5O. The van der Waals surface area contributed by atoms with Crippen LogP contribution < -0.4 is 15.5 Å². The molecule has 3 heterocycles. The van der Waals surface area contributed by atoms with Crippen molar-refractivity contribution in [3.63, 3.8) is 0 Å². The molecule has 2 aliphatic rings. The van der Waals surface area contributed by atoms with Crippen LogP contribution in [0, 0.1) is 0 Å². The van der Waals surface area contributed by atoms with Gasteiger partial charge in [0.2, 0.25) is 0 Å². The molecule has 0 spiro atoms. The number of rotatable bonds is 6. The second-order valence-electron chi connectivity index (χ2n) is 10.4. The lowest BCUT2D eigenvalue weighted by Crippen LogP contribution is -2.52. The van der Waals surface area contributed by atoms with Crippen molar-refractivity contribution in [2.45, 2.75) is 69.9 Å². The summed E-state index contributed by atoms with van der Waals surface area (Å²) < 4.78 is 2.16. The van der Waals surface area contributed by atoms with Gasteiger partial charge < -0.3 is 19.9 Å². The van der Waals surface area contributed by atoms with Crippen molar-refractivity contribution < 1.29 is 5.11 Å². The molecule has 1 aromatic heterocycles. The van der Waals surface area contributed by atoms with E-state index in [1.54, 1.807) is 6.07 Å². The molecule has 3 aromatic rings. The molecule has 2 unspecified atom stereocenters. The Balaban J connectivity index is 1.30. The summed E-state index contributed by atoms with van der Waals surface area (Å²) in [5.41, 5.74) is 4.31. The fourth-order valence-corrected chi connectivity index (χ4v) is 5.96. The number of benzene rings is 2. The van der Waals surface area contributed by atoms with Crippen molar-refractivity contribution in [3.8, 4) is 0 Å². The van der Waals surface area contributed by atoms with Crippen LogP contribution in [0.3, 0.4) is 0 Å². The first-order chi connectivity index (χ1) is 16.2. The molecular weight excluding hydrogens is 469 g/mol. The van der Waals surface area contributed by atoms with E-state index in [1.165, 1.54) is 5.69 Å². The second kappa shape index (κ2) is 9.32. The van der Waals surface area contributed by atoms with Gasteiger partial charge in [0.05, 0.1) is 23.4 Å². The van der Waals surface area contributed by atoms with E-state index in [0.717, 1.165) is 48.9 Å². The zero-order valence-electron chi connectivity index (χ0n) is 19.9. The van der Waals surface area contributed by atoms with Gasteiger partial charge in [-0.15, -0.1) is 0 Å². The summed E-state index contributed by atoms with van der Waals surface area (Å²) >= 11 is 12.6. The highest BCUT2D eigenvalue weighted by atomic mass is 35.5. The number of nitrogens with zero attached hydrogens (tertiary/aromatic N) is 3. The zero-order chi connectivity index (χ0) is 24.0. The molecule has 3 N–H and O–H groups in total. The summed E-state index contributed by atoms with van der Waals surface area (Å²) in [6, 6.07) is 12.5. The Labute approximate surface area is 211 Å². The summed E-state index contributed by atoms with van der Waals surface area (Å²) in [6.45, 7) is 8.33. The average Bonchev–Trinajstić information content (AvgIpc) is 3.51. The Morgan fingerprint density at radius 2 is 2.00 bits per heavy atom. The van der Waals surface area contributed by atoms with Crippen molar-refractivity contribution in [1.29, 1.82) is 0 Å². The molecule has 2 aromatic carbocycles. The third kappa shape index (κ3) is 4.79. The molecule has 34 heavy (non-hydrogen) atoms. The maximum absolute atomic E-state index is 10.7. The van der Waals surface area contributed by atoms with Gasteiger partial charge in [-0.05, 0) is 75.9 Å². The predicted molar refractivity (Wildman–Crippen MR) is 140 cm³/mol. The van der Waals surface area contributed by atoms with Crippen LogP contribution in [-0.2, 0) is 0 Å². The summed E-state index contributed by atoms with van der Waals surface area (Å²) in [5.74, 6) is 0. The minimum absolute atomic E-state index is 0.0244. The van der Waals surface area contributed by atoms with Crippen LogP contribution in [0.15, 0.2) is 42.7 Å². The van der Waals surface area contributed by atoms with Gasteiger partial charge in [0, 0.05) is 46.4 Å². The molecule has 8 heteroatoms. The van der Waals surface area contributed by atoms with Gasteiger partial charge >= 0.3 is 0 Å². The Kier molecular flexibility index (Phi) is 6.55.